The van der Waals surface area contributed by atoms with Gasteiger partial charge in [-0.25, -0.2) is 0 Å². The van der Waals surface area contributed by atoms with Crippen LogP contribution in [0.2, 0.25) is 0 Å². The number of rotatable bonds is 5. The van der Waals surface area contributed by atoms with Crippen molar-refractivity contribution in [3.05, 3.63) is 35.9 Å². The highest BCUT2D eigenvalue weighted by molar-refractivity contribution is 9.09. The highest BCUT2D eigenvalue weighted by atomic mass is 79.9. The molecule has 0 aliphatic carbocycles. The van der Waals surface area contributed by atoms with Gasteiger partial charge in [-0.2, -0.15) is 0 Å². The molecule has 1 unspecified atom stereocenters. The van der Waals surface area contributed by atoms with Crippen molar-refractivity contribution in [3.63, 3.8) is 0 Å². The normalized spacial score (nSPS) is 12.1. The lowest BCUT2D eigenvalue weighted by Crippen LogP contribution is -2.20. The van der Waals surface area contributed by atoms with Crippen LogP contribution in [-0.4, -0.2) is 29.1 Å². The highest BCUT2D eigenvalue weighted by Gasteiger charge is 2.07. The van der Waals surface area contributed by atoms with Gasteiger partial charge in [-0.05, 0) is 5.56 Å². The number of ether oxygens (including phenoxy) is 1. The number of esters is 1. The summed E-state index contributed by atoms with van der Waals surface area (Å²) in [6.45, 7) is 0.0386. The average molecular weight is 273 g/mol. The van der Waals surface area contributed by atoms with Crippen LogP contribution in [0.5, 0.6) is 0 Å². The molecular formula is C11H13BrO3. The van der Waals surface area contributed by atoms with Crippen molar-refractivity contribution in [2.45, 2.75) is 12.5 Å². The monoisotopic (exact) mass is 272 g/mol. The molecule has 0 saturated heterocycles. The zero-order valence-corrected chi connectivity index (χ0v) is 9.81. The maximum absolute atomic E-state index is 11.3. The predicted octanol–water partition coefficient (Wildman–Crippen LogP) is 1.53. The molecule has 0 aliphatic rings. The number of carbonyl (C=O) groups is 1. The largest absolute Gasteiger partial charge is 0.463 e. The van der Waals surface area contributed by atoms with Gasteiger partial charge in [0.1, 0.15) is 6.61 Å². The first-order chi connectivity index (χ1) is 7.22. The number of hydrogen-bond acceptors (Lipinski definition) is 3. The zero-order chi connectivity index (χ0) is 11.1. The second-order valence-corrected chi connectivity index (χ2v) is 3.80. The summed E-state index contributed by atoms with van der Waals surface area (Å²) in [4.78, 5) is 11.3. The third kappa shape index (κ3) is 4.95. The minimum atomic E-state index is -0.635. The van der Waals surface area contributed by atoms with Gasteiger partial charge in [0.2, 0.25) is 0 Å². The second kappa shape index (κ2) is 6.58. The Kier molecular flexibility index (Phi) is 5.36. The first kappa shape index (κ1) is 12.2. The van der Waals surface area contributed by atoms with Crippen molar-refractivity contribution in [3.8, 4) is 0 Å². The Morgan fingerprint density at radius 2 is 2.07 bits per heavy atom. The van der Waals surface area contributed by atoms with Gasteiger partial charge in [0.05, 0.1) is 12.5 Å². The average Bonchev–Trinajstić information content (AvgIpc) is 2.27. The third-order valence-corrected chi connectivity index (χ3v) is 2.55. The molecule has 0 amide bonds. The fourth-order valence-corrected chi connectivity index (χ4v) is 1.23. The van der Waals surface area contributed by atoms with Gasteiger partial charge in [-0.3, -0.25) is 4.79 Å². The summed E-state index contributed by atoms with van der Waals surface area (Å²) < 4.78 is 4.88. The second-order valence-electron chi connectivity index (χ2n) is 3.15. The maximum atomic E-state index is 11.3. The van der Waals surface area contributed by atoms with Crippen LogP contribution < -0.4 is 0 Å². The molecule has 3 nitrogen and oxygen atoms in total. The Hall–Kier alpha value is -0.870. The van der Waals surface area contributed by atoms with E-state index in [0.29, 0.717) is 5.33 Å². The van der Waals surface area contributed by atoms with E-state index in [1.54, 1.807) is 0 Å². The summed E-state index contributed by atoms with van der Waals surface area (Å²) in [5.74, 6) is -0.318. The van der Waals surface area contributed by atoms with Crippen LogP contribution >= 0.6 is 15.9 Å². The molecule has 1 N–H and O–H groups in total. The van der Waals surface area contributed by atoms with Crippen molar-refractivity contribution in [1.82, 2.24) is 0 Å². The minimum Gasteiger partial charge on any atom is -0.463 e. The standard InChI is InChI=1S/C11H13BrO3/c12-7-10(13)8-15-11(14)6-9-4-2-1-3-5-9/h1-5,10,13H,6-8H2. The van der Waals surface area contributed by atoms with Gasteiger partial charge < -0.3 is 9.84 Å². The quantitative estimate of drug-likeness (QED) is 0.653. The van der Waals surface area contributed by atoms with Gasteiger partial charge in [0.15, 0.2) is 0 Å². The Bertz CT molecular complexity index is 300. The summed E-state index contributed by atoms with van der Waals surface area (Å²) in [6, 6.07) is 9.36. The molecule has 1 atom stereocenters. The van der Waals surface area contributed by atoms with Gasteiger partial charge in [-0.1, -0.05) is 46.3 Å². The van der Waals surface area contributed by atoms with E-state index in [1.807, 2.05) is 30.3 Å². The van der Waals surface area contributed by atoms with Gasteiger partial charge in [0, 0.05) is 5.33 Å². The zero-order valence-electron chi connectivity index (χ0n) is 8.23. The third-order valence-electron chi connectivity index (χ3n) is 1.81. The molecule has 1 aromatic rings. The molecule has 0 bridgehead atoms. The van der Waals surface area contributed by atoms with Crippen LogP contribution in [-0.2, 0) is 16.0 Å². The Balaban J connectivity index is 2.31. The summed E-state index contributed by atoms with van der Waals surface area (Å²) in [6.07, 6.45) is -0.389. The molecule has 1 aromatic carbocycles. The van der Waals surface area contributed by atoms with Crippen molar-refractivity contribution >= 4 is 21.9 Å². The van der Waals surface area contributed by atoms with Crippen LogP contribution in [0.1, 0.15) is 5.56 Å². The number of halogens is 1. The summed E-state index contributed by atoms with van der Waals surface area (Å²) in [5, 5.41) is 9.56. The van der Waals surface area contributed by atoms with E-state index >= 15 is 0 Å². The Labute approximate surface area is 97.2 Å². The van der Waals surface area contributed by atoms with E-state index < -0.39 is 6.10 Å². The minimum absolute atomic E-state index is 0.0386. The molecule has 4 heteroatoms. The van der Waals surface area contributed by atoms with Crippen molar-refractivity contribution in [2.75, 3.05) is 11.9 Å². The fourth-order valence-electron chi connectivity index (χ4n) is 1.05. The first-order valence-corrected chi connectivity index (χ1v) is 5.78. The van der Waals surface area contributed by atoms with Crippen LogP contribution in [0.25, 0.3) is 0 Å². The number of benzene rings is 1. The van der Waals surface area contributed by atoms with E-state index in [2.05, 4.69) is 15.9 Å². The topological polar surface area (TPSA) is 46.5 Å². The van der Waals surface area contributed by atoms with Gasteiger partial charge in [-0.15, -0.1) is 0 Å². The van der Waals surface area contributed by atoms with E-state index in [9.17, 15) is 4.79 Å². The molecule has 0 radical (unpaired) electrons. The van der Waals surface area contributed by atoms with Crippen molar-refractivity contribution in [2.24, 2.45) is 0 Å². The number of carbonyl (C=O) groups excluding carboxylic acids is 1. The Morgan fingerprint density at radius 3 is 2.67 bits per heavy atom. The molecule has 0 saturated carbocycles. The molecule has 0 aliphatic heterocycles. The molecule has 1 rings (SSSR count). The first-order valence-electron chi connectivity index (χ1n) is 4.66. The molecule has 0 heterocycles. The lowest BCUT2D eigenvalue weighted by Gasteiger charge is -2.08. The highest BCUT2D eigenvalue weighted by Crippen LogP contribution is 2.01. The van der Waals surface area contributed by atoms with Crippen molar-refractivity contribution < 1.29 is 14.6 Å². The molecule has 15 heavy (non-hydrogen) atoms. The molecule has 82 valence electrons. The molecule has 0 aromatic heterocycles. The van der Waals surface area contributed by atoms with Crippen molar-refractivity contribution in [1.29, 1.82) is 0 Å². The predicted molar refractivity (Wildman–Crippen MR) is 60.9 cm³/mol. The van der Waals surface area contributed by atoms with Gasteiger partial charge in [0.25, 0.3) is 0 Å². The molecular weight excluding hydrogens is 260 g/mol. The molecule has 0 spiro atoms. The molecule has 0 fully saturated rings. The Morgan fingerprint density at radius 1 is 1.40 bits per heavy atom. The smallest absolute Gasteiger partial charge is 0.310 e. The summed E-state index contributed by atoms with van der Waals surface area (Å²) in [5.41, 5.74) is 0.913. The number of hydrogen-bond donors (Lipinski definition) is 1. The van der Waals surface area contributed by atoms with E-state index in [-0.39, 0.29) is 19.0 Å². The van der Waals surface area contributed by atoms with Crippen LogP contribution in [0.4, 0.5) is 0 Å². The van der Waals surface area contributed by atoms with Crippen LogP contribution in [0, 0.1) is 0 Å². The SMILES string of the molecule is O=C(Cc1ccccc1)OCC(O)CBr. The summed E-state index contributed by atoms with van der Waals surface area (Å²) in [7, 11) is 0. The lowest BCUT2D eigenvalue weighted by molar-refractivity contribution is -0.145. The van der Waals surface area contributed by atoms with E-state index in [4.69, 9.17) is 9.84 Å². The number of aliphatic hydroxyl groups is 1. The summed E-state index contributed by atoms with van der Waals surface area (Å²) >= 11 is 3.09. The number of alkyl halides is 1. The fraction of sp³-hybridized carbons (Fsp3) is 0.364. The maximum Gasteiger partial charge on any atom is 0.310 e. The van der Waals surface area contributed by atoms with E-state index in [1.165, 1.54) is 0 Å². The van der Waals surface area contributed by atoms with Crippen LogP contribution in [0.3, 0.4) is 0 Å². The number of aliphatic hydroxyl groups excluding tert-OH is 1. The lowest BCUT2D eigenvalue weighted by atomic mass is 10.2. The van der Waals surface area contributed by atoms with E-state index in [0.717, 1.165) is 5.56 Å². The van der Waals surface area contributed by atoms with Gasteiger partial charge >= 0.3 is 5.97 Å². The van der Waals surface area contributed by atoms with Crippen LogP contribution in [0.15, 0.2) is 30.3 Å².